The Morgan fingerprint density at radius 3 is 2.38 bits per heavy atom. The molecule has 0 N–H and O–H groups in total. The summed E-state index contributed by atoms with van der Waals surface area (Å²) in [4.78, 5) is 16.1. The van der Waals surface area contributed by atoms with Crippen molar-refractivity contribution in [3.63, 3.8) is 0 Å². The van der Waals surface area contributed by atoms with Gasteiger partial charge in [0.2, 0.25) is 0 Å². The zero-order valence-corrected chi connectivity index (χ0v) is 15.0. The Labute approximate surface area is 136 Å². The van der Waals surface area contributed by atoms with Gasteiger partial charge in [-0.2, -0.15) is 0 Å². The largest absolute Gasteiger partial charge is 0.444 e. The van der Waals surface area contributed by atoms with Gasteiger partial charge >= 0.3 is 6.09 Å². The van der Waals surface area contributed by atoms with Gasteiger partial charge in [-0.3, -0.25) is 4.90 Å². The Hall–Kier alpha value is -1.29. The lowest BCUT2D eigenvalue weighted by Gasteiger charge is -2.32. The van der Waals surface area contributed by atoms with E-state index in [0.717, 1.165) is 11.1 Å². The van der Waals surface area contributed by atoms with E-state index in [9.17, 15) is 4.79 Å². The molecule has 3 nitrogen and oxygen atoms in total. The van der Waals surface area contributed by atoms with Gasteiger partial charge in [0.05, 0.1) is 6.04 Å². The number of nitrogens with zero attached hydrogens (tertiary/aromatic N) is 1. The topological polar surface area (TPSA) is 29.5 Å². The van der Waals surface area contributed by atoms with Gasteiger partial charge in [0.1, 0.15) is 5.60 Å². The first-order valence-electron chi connectivity index (χ1n) is 7.05. The molecule has 0 saturated heterocycles. The molecule has 1 amide bonds. The minimum absolute atomic E-state index is 0.0524. The molecule has 0 aliphatic carbocycles. The number of rotatable bonds is 4. The average Bonchev–Trinajstić information content (AvgIpc) is 2.42. The van der Waals surface area contributed by atoms with Crippen LogP contribution < -0.4 is 0 Å². The van der Waals surface area contributed by atoms with Crippen LogP contribution in [-0.2, 0) is 4.74 Å². The minimum Gasteiger partial charge on any atom is -0.444 e. The third kappa shape index (κ3) is 5.92. The number of amides is 1. The number of carbonyl (C=O) groups excluding carboxylic acids is 1. The predicted molar refractivity (Wildman–Crippen MR) is 90.5 cm³/mol. The number of carbonyl (C=O) groups is 1. The van der Waals surface area contributed by atoms with Crippen LogP contribution >= 0.6 is 15.9 Å². The lowest BCUT2D eigenvalue weighted by atomic mass is 10.1. The fourth-order valence-corrected chi connectivity index (χ4v) is 2.04. The molecule has 0 radical (unpaired) electrons. The Morgan fingerprint density at radius 1 is 1.33 bits per heavy atom. The smallest absolute Gasteiger partial charge is 0.411 e. The van der Waals surface area contributed by atoms with E-state index in [0.29, 0.717) is 6.54 Å². The summed E-state index contributed by atoms with van der Waals surface area (Å²) >= 11 is 3.32. The summed E-state index contributed by atoms with van der Waals surface area (Å²) in [6.45, 7) is 10.1. The summed E-state index contributed by atoms with van der Waals surface area (Å²) in [5.74, 6) is 0. The Balaban J connectivity index is 2.99. The molecule has 0 unspecified atom stereocenters. The Morgan fingerprint density at radius 2 is 1.90 bits per heavy atom. The van der Waals surface area contributed by atoms with E-state index in [1.807, 2.05) is 69.9 Å². The van der Waals surface area contributed by atoms with Gasteiger partial charge in [-0.25, -0.2) is 4.79 Å². The molecule has 0 heterocycles. The van der Waals surface area contributed by atoms with E-state index in [4.69, 9.17) is 4.74 Å². The number of ether oxygens (including phenoxy) is 1. The number of halogens is 1. The first-order valence-corrected chi connectivity index (χ1v) is 7.96. The van der Waals surface area contributed by atoms with E-state index in [2.05, 4.69) is 15.9 Å². The predicted octanol–water partition coefficient (Wildman–Crippen LogP) is 5.28. The molecule has 116 valence electrons. The van der Waals surface area contributed by atoms with Crippen molar-refractivity contribution in [2.75, 3.05) is 6.54 Å². The molecule has 0 aromatic heterocycles. The van der Waals surface area contributed by atoms with Gasteiger partial charge < -0.3 is 4.74 Å². The zero-order chi connectivity index (χ0) is 16.0. The molecule has 1 rings (SSSR count). The van der Waals surface area contributed by atoms with Crippen LogP contribution in [0.3, 0.4) is 0 Å². The maximum Gasteiger partial charge on any atom is 0.411 e. The van der Waals surface area contributed by atoms with Gasteiger partial charge in [0.25, 0.3) is 0 Å². The van der Waals surface area contributed by atoms with E-state index in [-0.39, 0.29) is 12.1 Å². The quantitative estimate of drug-likeness (QED) is 0.736. The highest BCUT2D eigenvalue weighted by Crippen LogP contribution is 2.24. The summed E-state index contributed by atoms with van der Waals surface area (Å²) in [6.07, 6.45) is -0.299. The van der Waals surface area contributed by atoms with Crippen LogP contribution in [0.4, 0.5) is 4.79 Å². The monoisotopic (exact) mass is 353 g/mol. The first-order chi connectivity index (χ1) is 9.74. The van der Waals surface area contributed by atoms with Crippen molar-refractivity contribution in [3.05, 3.63) is 46.5 Å². The van der Waals surface area contributed by atoms with Gasteiger partial charge in [-0.15, -0.1) is 0 Å². The fourth-order valence-electron chi connectivity index (χ4n) is 1.89. The zero-order valence-electron chi connectivity index (χ0n) is 13.4. The molecular weight excluding hydrogens is 330 g/mol. The Kier molecular flexibility index (Phi) is 6.46. The highest BCUT2D eigenvalue weighted by molar-refractivity contribution is 9.11. The molecule has 0 spiro atoms. The van der Waals surface area contributed by atoms with Crippen LogP contribution in [-0.4, -0.2) is 23.1 Å². The van der Waals surface area contributed by atoms with Crippen molar-refractivity contribution < 1.29 is 9.53 Å². The van der Waals surface area contributed by atoms with Crippen LogP contribution in [0.2, 0.25) is 0 Å². The SMILES string of the molecule is C/C(=C\Br)CN(C(=O)OC(C)(C)C)[C@H](C)c1ccccc1. The lowest BCUT2D eigenvalue weighted by molar-refractivity contribution is 0.0194. The second-order valence-corrected chi connectivity index (χ2v) is 6.61. The molecule has 0 aliphatic heterocycles. The molecule has 0 aliphatic rings. The van der Waals surface area contributed by atoms with E-state index >= 15 is 0 Å². The van der Waals surface area contributed by atoms with Crippen LogP contribution in [0.25, 0.3) is 0 Å². The second kappa shape index (κ2) is 7.64. The molecule has 4 heteroatoms. The maximum atomic E-state index is 12.5. The Bertz CT molecular complexity index is 491. The third-order valence-electron chi connectivity index (χ3n) is 2.98. The average molecular weight is 354 g/mol. The normalized spacial score (nSPS) is 13.7. The maximum absolute atomic E-state index is 12.5. The summed E-state index contributed by atoms with van der Waals surface area (Å²) in [5.41, 5.74) is 1.65. The lowest BCUT2D eigenvalue weighted by Crippen LogP contribution is -2.39. The summed E-state index contributed by atoms with van der Waals surface area (Å²) in [6, 6.07) is 9.92. The highest BCUT2D eigenvalue weighted by Gasteiger charge is 2.26. The second-order valence-electron chi connectivity index (χ2n) is 6.15. The highest BCUT2D eigenvalue weighted by atomic mass is 79.9. The van der Waals surface area contributed by atoms with Gasteiger partial charge in [-0.1, -0.05) is 46.3 Å². The summed E-state index contributed by atoms with van der Waals surface area (Å²) in [5, 5.41) is 0. The molecule has 1 atom stereocenters. The van der Waals surface area contributed by atoms with Crippen molar-refractivity contribution in [2.24, 2.45) is 0 Å². The van der Waals surface area contributed by atoms with Crippen molar-refractivity contribution in [1.82, 2.24) is 4.90 Å². The summed E-state index contributed by atoms with van der Waals surface area (Å²) < 4.78 is 5.53. The van der Waals surface area contributed by atoms with E-state index in [1.54, 1.807) is 4.90 Å². The van der Waals surface area contributed by atoms with Crippen LogP contribution in [0, 0.1) is 0 Å². The molecule has 0 bridgehead atoms. The van der Waals surface area contributed by atoms with Crippen LogP contribution in [0.5, 0.6) is 0 Å². The van der Waals surface area contributed by atoms with Gasteiger partial charge in [0.15, 0.2) is 0 Å². The number of benzene rings is 1. The fraction of sp³-hybridized carbons (Fsp3) is 0.471. The van der Waals surface area contributed by atoms with Gasteiger partial charge in [0, 0.05) is 6.54 Å². The van der Waals surface area contributed by atoms with Crippen molar-refractivity contribution in [3.8, 4) is 0 Å². The standard InChI is InChI=1S/C17H24BrNO2/c1-13(11-18)12-19(16(20)21-17(3,4)5)14(2)15-9-7-6-8-10-15/h6-11,14H,12H2,1-5H3/b13-11+/t14-/m1/s1. The number of hydrogen-bond acceptors (Lipinski definition) is 2. The van der Waals surface area contributed by atoms with Crippen molar-refractivity contribution in [1.29, 1.82) is 0 Å². The number of hydrogen-bond donors (Lipinski definition) is 0. The van der Waals surface area contributed by atoms with Crippen molar-refractivity contribution >= 4 is 22.0 Å². The first kappa shape index (κ1) is 17.8. The van der Waals surface area contributed by atoms with Gasteiger partial charge in [-0.05, 0) is 50.7 Å². The molecule has 0 fully saturated rings. The molecule has 0 saturated carbocycles. The molecular formula is C17H24BrNO2. The summed E-state index contributed by atoms with van der Waals surface area (Å²) in [7, 11) is 0. The van der Waals surface area contributed by atoms with E-state index < -0.39 is 5.60 Å². The molecule has 1 aromatic carbocycles. The van der Waals surface area contributed by atoms with Crippen LogP contribution in [0.15, 0.2) is 40.9 Å². The minimum atomic E-state index is -0.502. The molecule has 21 heavy (non-hydrogen) atoms. The third-order valence-corrected chi connectivity index (χ3v) is 3.77. The van der Waals surface area contributed by atoms with E-state index in [1.165, 1.54) is 0 Å². The molecule has 1 aromatic rings. The van der Waals surface area contributed by atoms with Crippen LogP contribution in [0.1, 0.15) is 46.2 Å². The van der Waals surface area contributed by atoms with Crippen molar-refractivity contribution in [2.45, 2.75) is 46.3 Å².